The molecule has 0 bridgehead atoms. The molecule has 0 saturated carbocycles. The number of amides is 2. The average Bonchev–Trinajstić information content (AvgIpc) is 2.77. The van der Waals surface area contributed by atoms with E-state index in [1.165, 1.54) is 12.1 Å². The van der Waals surface area contributed by atoms with Crippen LogP contribution in [0.1, 0.15) is 45.2 Å². The molecule has 2 aromatic rings. The number of alkyl halides is 3. The van der Waals surface area contributed by atoms with Gasteiger partial charge in [-0.2, -0.15) is 13.2 Å². The Hall–Kier alpha value is -2.21. The molecule has 1 unspecified atom stereocenters. The zero-order valence-corrected chi connectivity index (χ0v) is 25.0. The number of nitrogens with zero attached hydrogens (tertiary/aromatic N) is 2. The summed E-state index contributed by atoms with van der Waals surface area (Å²) in [5, 5.41) is 2.87. The van der Waals surface area contributed by atoms with Gasteiger partial charge in [-0.3, -0.25) is 13.9 Å². The first kappa shape index (κ1) is 33.0. The second kappa shape index (κ2) is 12.5. The van der Waals surface area contributed by atoms with E-state index in [9.17, 15) is 31.2 Å². The van der Waals surface area contributed by atoms with Gasteiger partial charge in [0.2, 0.25) is 21.8 Å². The zero-order chi connectivity index (χ0) is 29.9. The van der Waals surface area contributed by atoms with Crippen LogP contribution < -0.4 is 9.62 Å². The highest BCUT2D eigenvalue weighted by Crippen LogP contribution is 2.36. The molecule has 0 aliphatic heterocycles. The summed E-state index contributed by atoms with van der Waals surface area (Å²) in [5.74, 6) is -1.41. The average molecular weight is 631 g/mol. The lowest BCUT2D eigenvalue weighted by Gasteiger charge is -2.35. The van der Waals surface area contributed by atoms with E-state index in [0.717, 1.165) is 17.2 Å². The van der Waals surface area contributed by atoms with E-state index in [1.807, 2.05) is 0 Å². The summed E-state index contributed by atoms with van der Waals surface area (Å²) in [5.41, 5.74) is -2.05. The van der Waals surface area contributed by atoms with Crippen molar-refractivity contribution >= 4 is 62.3 Å². The van der Waals surface area contributed by atoms with Crippen molar-refractivity contribution in [3.05, 3.63) is 62.6 Å². The van der Waals surface area contributed by atoms with E-state index in [4.69, 9.17) is 34.8 Å². The molecule has 0 aliphatic carbocycles. The fourth-order valence-corrected chi connectivity index (χ4v) is 5.34. The Morgan fingerprint density at radius 2 is 1.56 bits per heavy atom. The van der Waals surface area contributed by atoms with Crippen LogP contribution in [0.25, 0.3) is 0 Å². The van der Waals surface area contributed by atoms with Crippen molar-refractivity contribution in [1.82, 2.24) is 10.2 Å². The fraction of sp³-hybridized carbons (Fsp3) is 0.440. The van der Waals surface area contributed by atoms with E-state index in [0.29, 0.717) is 22.0 Å². The number of benzene rings is 2. The molecule has 7 nitrogen and oxygen atoms in total. The molecule has 1 atom stereocenters. The number of carbonyl (C=O) groups is 2. The summed E-state index contributed by atoms with van der Waals surface area (Å²) >= 11 is 18.7. The highest BCUT2D eigenvalue weighted by Gasteiger charge is 2.36. The summed E-state index contributed by atoms with van der Waals surface area (Å²) in [6, 6.07) is 5.71. The van der Waals surface area contributed by atoms with E-state index in [1.54, 1.807) is 33.8 Å². The molecule has 0 aliphatic rings. The maximum atomic E-state index is 13.8. The SMILES string of the molecule is CCC(C(=O)NC(C)(C)C)N(Cc1c(Cl)cccc1Cl)C(=O)CN(c1cc(C(F)(F)F)ccc1Cl)S(C)(=O)=O. The van der Waals surface area contributed by atoms with Crippen molar-refractivity contribution in [1.29, 1.82) is 0 Å². The third-order valence-corrected chi connectivity index (χ3v) is 7.65. The number of nitrogens with one attached hydrogen (secondary N) is 1. The highest BCUT2D eigenvalue weighted by atomic mass is 35.5. The number of hydrogen-bond acceptors (Lipinski definition) is 4. The Labute approximate surface area is 241 Å². The molecular formula is C25H29Cl3F3N3O4S. The van der Waals surface area contributed by atoms with Crippen molar-refractivity contribution in [3.8, 4) is 0 Å². The molecule has 0 saturated heterocycles. The van der Waals surface area contributed by atoms with Gasteiger partial charge in [-0.1, -0.05) is 47.8 Å². The molecule has 0 radical (unpaired) electrons. The van der Waals surface area contributed by atoms with E-state index < -0.39 is 57.4 Å². The van der Waals surface area contributed by atoms with Gasteiger partial charge >= 0.3 is 6.18 Å². The first-order valence-electron chi connectivity index (χ1n) is 11.6. The van der Waals surface area contributed by atoms with E-state index in [-0.39, 0.29) is 28.0 Å². The standard InChI is InChI=1S/C25H29Cl3F3N3O4S/c1-6-20(23(36)32-24(2,3)4)33(13-16-17(26)8-7-9-18(16)27)22(35)14-34(39(5,37)38)21-12-15(25(29,30)31)10-11-19(21)28/h7-12,20H,6,13-14H2,1-5H3,(H,32,36). The van der Waals surface area contributed by atoms with Gasteiger partial charge in [-0.25, -0.2) is 8.42 Å². The molecule has 2 aromatic carbocycles. The topological polar surface area (TPSA) is 86.8 Å². The Bertz CT molecular complexity index is 1310. The summed E-state index contributed by atoms with van der Waals surface area (Å²) in [6.07, 6.45) is -3.94. The minimum absolute atomic E-state index is 0.124. The third kappa shape index (κ3) is 8.89. The fourth-order valence-electron chi connectivity index (χ4n) is 3.70. The molecule has 0 fully saturated rings. The molecule has 0 heterocycles. The summed E-state index contributed by atoms with van der Waals surface area (Å²) in [7, 11) is -4.32. The van der Waals surface area contributed by atoms with E-state index >= 15 is 0 Å². The van der Waals surface area contributed by atoms with Crippen LogP contribution in [0.3, 0.4) is 0 Å². The van der Waals surface area contributed by atoms with E-state index in [2.05, 4.69) is 5.32 Å². The first-order chi connectivity index (χ1) is 17.8. The quantitative estimate of drug-likeness (QED) is 0.360. The summed E-state index contributed by atoms with van der Waals surface area (Å²) < 4.78 is 66.1. The molecule has 1 N–H and O–H groups in total. The van der Waals surface area contributed by atoms with Crippen LogP contribution in [0.2, 0.25) is 15.1 Å². The number of halogens is 6. The van der Waals surface area contributed by atoms with Crippen LogP contribution in [-0.2, 0) is 32.3 Å². The number of carbonyl (C=O) groups excluding carboxylic acids is 2. The van der Waals surface area contributed by atoms with Gasteiger partial charge < -0.3 is 10.2 Å². The maximum Gasteiger partial charge on any atom is 0.416 e. The number of rotatable bonds is 9. The number of hydrogen-bond donors (Lipinski definition) is 1. The Balaban J connectivity index is 2.62. The minimum atomic E-state index is -4.79. The van der Waals surface area contributed by atoms with Gasteiger partial charge in [0.25, 0.3) is 0 Å². The molecule has 0 aromatic heterocycles. The van der Waals surface area contributed by atoms with Gasteiger partial charge in [-0.05, 0) is 57.5 Å². The summed E-state index contributed by atoms with van der Waals surface area (Å²) in [6.45, 7) is 5.67. The van der Waals surface area contributed by atoms with Gasteiger partial charge in [0.05, 0.1) is 22.5 Å². The van der Waals surface area contributed by atoms with Crippen LogP contribution >= 0.6 is 34.8 Å². The van der Waals surface area contributed by atoms with Gasteiger partial charge in [0.1, 0.15) is 12.6 Å². The molecular weight excluding hydrogens is 602 g/mol. The smallest absolute Gasteiger partial charge is 0.350 e. The second-order valence-corrected chi connectivity index (χ2v) is 12.9. The van der Waals surface area contributed by atoms with Crippen molar-refractivity contribution in [2.45, 2.75) is 58.4 Å². The van der Waals surface area contributed by atoms with Gasteiger partial charge in [0.15, 0.2) is 0 Å². The van der Waals surface area contributed by atoms with Crippen LogP contribution in [0, 0.1) is 0 Å². The Morgan fingerprint density at radius 3 is 2.03 bits per heavy atom. The lowest BCUT2D eigenvalue weighted by molar-refractivity contribution is -0.141. The number of sulfonamides is 1. The predicted octanol–water partition coefficient (Wildman–Crippen LogP) is 6.15. The summed E-state index contributed by atoms with van der Waals surface area (Å²) in [4.78, 5) is 28.1. The molecule has 39 heavy (non-hydrogen) atoms. The van der Waals surface area contributed by atoms with Gasteiger partial charge in [0, 0.05) is 27.7 Å². The minimum Gasteiger partial charge on any atom is -0.350 e. The largest absolute Gasteiger partial charge is 0.416 e. The molecule has 14 heteroatoms. The van der Waals surface area contributed by atoms with Crippen LogP contribution in [0.4, 0.5) is 18.9 Å². The molecule has 2 amide bonds. The normalized spacial score (nSPS) is 13.1. The first-order valence-corrected chi connectivity index (χ1v) is 14.6. The molecule has 216 valence electrons. The Kier molecular flexibility index (Phi) is 10.6. The predicted molar refractivity (Wildman–Crippen MR) is 148 cm³/mol. The van der Waals surface area contributed by atoms with Crippen LogP contribution in [-0.4, -0.2) is 49.5 Å². The van der Waals surface area contributed by atoms with Crippen molar-refractivity contribution in [2.75, 3.05) is 17.1 Å². The lowest BCUT2D eigenvalue weighted by atomic mass is 10.1. The molecule has 0 spiro atoms. The van der Waals surface area contributed by atoms with Crippen molar-refractivity contribution in [3.63, 3.8) is 0 Å². The van der Waals surface area contributed by atoms with Crippen molar-refractivity contribution in [2.24, 2.45) is 0 Å². The monoisotopic (exact) mass is 629 g/mol. The third-order valence-electron chi connectivity index (χ3n) is 5.50. The van der Waals surface area contributed by atoms with Gasteiger partial charge in [-0.15, -0.1) is 0 Å². The maximum absolute atomic E-state index is 13.8. The number of anilines is 1. The van der Waals surface area contributed by atoms with Crippen LogP contribution in [0.5, 0.6) is 0 Å². The Morgan fingerprint density at radius 1 is 1.00 bits per heavy atom. The van der Waals surface area contributed by atoms with Crippen molar-refractivity contribution < 1.29 is 31.2 Å². The second-order valence-electron chi connectivity index (χ2n) is 9.82. The lowest BCUT2D eigenvalue weighted by Crippen LogP contribution is -2.55. The zero-order valence-electron chi connectivity index (χ0n) is 21.9. The van der Waals surface area contributed by atoms with Crippen LogP contribution in [0.15, 0.2) is 36.4 Å². The highest BCUT2D eigenvalue weighted by molar-refractivity contribution is 7.92. The molecule has 2 rings (SSSR count).